The van der Waals surface area contributed by atoms with Crippen LogP contribution in [0.3, 0.4) is 0 Å². The summed E-state index contributed by atoms with van der Waals surface area (Å²) in [5.74, 6) is 1.36. The van der Waals surface area contributed by atoms with Crippen molar-refractivity contribution in [2.24, 2.45) is 5.92 Å². The van der Waals surface area contributed by atoms with Crippen molar-refractivity contribution in [2.45, 2.75) is 13.3 Å². The van der Waals surface area contributed by atoms with Crippen LogP contribution in [-0.4, -0.2) is 28.4 Å². The Morgan fingerprint density at radius 1 is 1.33 bits per heavy atom. The van der Waals surface area contributed by atoms with Crippen LogP contribution in [0.2, 0.25) is 0 Å². The van der Waals surface area contributed by atoms with Gasteiger partial charge in [-0.3, -0.25) is 0 Å². The van der Waals surface area contributed by atoms with E-state index >= 15 is 0 Å². The summed E-state index contributed by atoms with van der Waals surface area (Å²) in [6, 6.07) is 9.64. The van der Waals surface area contributed by atoms with Crippen LogP contribution in [0.5, 0.6) is 0 Å². The Labute approximate surface area is 106 Å². The molecule has 5 nitrogen and oxygen atoms in total. The first-order chi connectivity index (χ1) is 8.79. The number of nitrogens with one attached hydrogen (secondary N) is 1. The minimum absolute atomic E-state index is 0.199. The van der Waals surface area contributed by atoms with Gasteiger partial charge in [0.1, 0.15) is 0 Å². The van der Waals surface area contributed by atoms with Crippen molar-refractivity contribution in [2.75, 3.05) is 18.5 Å². The van der Waals surface area contributed by atoms with Gasteiger partial charge < -0.3 is 14.9 Å². The number of hydrogen-bond donors (Lipinski definition) is 2. The molecule has 0 radical (unpaired) electrons. The van der Waals surface area contributed by atoms with E-state index in [9.17, 15) is 0 Å². The zero-order valence-electron chi connectivity index (χ0n) is 10.3. The molecule has 0 aliphatic heterocycles. The second-order valence-corrected chi connectivity index (χ2v) is 4.29. The summed E-state index contributed by atoms with van der Waals surface area (Å²) >= 11 is 0. The molecule has 0 bridgehead atoms. The Balaban J connectivity index is 1.95. The van der Waals surface area contributed by atoms with Gasteiger partial charge in [-0.1, -0.05) is 25.1 Å². The van der Waals surface area contributed by atoms with Gasteiger partial charge in [0.05, 0.1) is 0 Å². The van der Waals surface area contributed by atoms with Crippen molar-refractivity contribution in [3.05, 3.63) is 30.3 Å². The van der Waals surface area contributed by atoms with Gasteiger partial charge in [0.2, 0.25) is 0 Å². The highest BCUT2D eigenvalue weighted by atomic mass is 16.5. The fourth-order valence-corrected chi connectivity index (χ4v) is 1.58. The summed E-state index contributed by atoms with van der Waals surface area (Å²) in [6.07, 6.45) is 0.760. The first-order valence-electron chi connectivity index (χ1n) is 6.03. The fourth-order valence-electron chi connectivity index (χ4n) is 1.58. The van der Waals surface area contributed by atoms with E-state index in [0.717, 1.165) is 12.0 Å². The van der Waals surface area contributed by atoms with Gasteiger partial charge in [-0.25, -0.2) is 0 Å². The van der Waals surface area contributed by atoms with Crippen molar-refractivity contribution >= 4 is 5.95 Å². The lowest BCUT2D eigenvalue weighted by molar-refractivity contribution is 0.265. The molecule has 1 unspecified atom stereocenters. The lowest BCUT2D eigenvalue weighted by atomic mass is 10.1. The first kappa shape index (κ1) is 12.6. The Morgan fingerprint density at radius 2 is 2.11 bits per heavy atom. The summed E-state index contributed by atoms with van der Waals surface area (Å²) in [6.45, 7) is 2.97. The van der Waals surface area contributed by atoms with Crippen LogP contribution < -0.4 is 5.32 Å². The zero-order chi connectivity index (χ0) is 12.8. The highest BCUT2D eigenvalue weighted by Gasteiger charge is 2.08. The van der Waals surface area contributed by atoms with E-state index in [-0.39, 0.29) is 6.61 Å². The van der Waals surface area contributed by atoms with Crippen LogP contribution in [0.1, 0.15) is 13.3 Å². The van der Waals surface area contributed by atoms with E-state index in [0.29, 0.717) is 24.3 Å². The van der Waals surface area contributed by atoms with Gasteiger partial charge in [0.25, 0.3) is 11.8 Å². The molecule has 5 heteroatoms. The predicted octanol–water partition coefficient (Wildman–Crippen LogP) is 2.17. The number of aromatic nitrogens is 2. The van der Waals surface area contributed by atoms with Gasteiger partial charge in [-0.15, -0.1) is 0 Å². The van der Waals surface area contributed by atoms with E-state index in [1.165, 1.54) is 0 Å². The highest BCUT2D eigenvalue weighted by molar-refractivity contribution is 5.53. The molecule has 0 spiro atoms. The molecule has 1 heterocycles. The maximum atomic E-state index is 8.81. The second-order valence-electron chi connectivity index (χ2n) is 4.29. The number of nitrogens with zero attached hydrogens (tertiary/aromatic N) is 2. The number of rotatable bonds is 6. The molecule has 18 heavy (non-hydrogen) atoms. The lowest BCUT2D eigenvalue weighted by Crippen LogP contribution is -2.13. The Morgan fingerprint density at radius 3 is 2.83 bits per heavy atom. The molecule has 1 aromatic carbocycles. The Kier molecular flexibility index (Phi) is 4.30. The lowest BCUT2D eigenvalue weighted by Gasteiger charge is -2.08. The zero-order valence-corrected chi connectivity index (χ0v) is 10.3. The monoisotopic (exact) mass is 247 g/mol. The third-order valence-corrected chi connectivity index (χ3v) is 2.68. The highest BCUT2D eigenvalue weighted by Crippen LogP contribution is 2.17. The molecule has 2 N–H and O–H groups in total. The summed E-state index contributed by atoms with van der Waals surface area (Å²) in [5.41, 5.74) is 0.904. The second kappa shape index (κ2) is 6.16. The minimum atomic E-state index is 0.199. The first-order valence-corrected chi connectivity index (χ1v) is 6.03. The molecule has 1 aromatic heterocycles. The average molecular weight is 247 g/mol. The number of anilines is 1. The van der Waals surface area contributed by atoms with Crippen LogP contribution in [-0.2, 0) is 0 Å². The third-order valence-electron chi connectivity index (χ3n) is 2.68. The van der Waals surface area contributed by atoms with Gasteiger partial charge in [-0.05, 0) is 29.6 Å². The molecule has 0 amide bonds. The van der Waals surface area contributed by atoms with Gasteiger partial charge in [-0.2, -0.15) is 4.98 Å². The maximum absolute atomic E-state index is 8.81. The normalized spacial score (nSPS) is 12.3. The van der Waals surface area contributed by atoms with E-state index in [1.54, 1.807) is 0 Å². The van der Waals surface area contributed by atoms with Crippen LogP contribution in [0, 0.1) is 5.92 Å². The van der Waals surface area contributed by atoms with Gasteiger partial charge in [0, 0.05) is 18.7 Å². The van der Waals surface area contributed by atoms with E-state index in [2.05, 4.69) is 22.4 Å². The van der Waals surface area contributed by atoms with Crippen molar-refractivity contribution < 1.29 is 9.63 Å². The van der Waals surface area contributed by atoms with Crippen molar-refractivity contribution in [3.63, 3.8) is 0 Å². The standard InChI is InChI=1S/C13H17N3O2/c1-10(7-8-17)9-14-13-15-12(18-16-13)11-5-3-2-4-6-11/h2-6,10,17H,7-9H2,1H3,(H,14,16). The van der Waals surface area contributed by atoms with Crippen LogP contribution in [0.15, 0.2) is 34.9 Å². The molecule has 2 rings (SSSR count). The van der Waals surface area contributed by atoms with Gasteiger partial charge >= 0.3 is 0 Å². The van der Waals surface area contributed by atoms with E-state index in [4.69, 9.17) is 9.63 Å². The van der Waals surface area contributed by atoms with Crippen molar-refractivity contribution in [1.29, 1.82) is 0 Å². The molecule has 0 saturated heterocycles. The molecule has 1 atom stereocenters. The van der Waals surface area contributed by atoms with Crippen molar-refractivity contribution in [3.8, 4) is 11.5 Å². The van der Waals surface area contributed by atoms with E-state index in [1.807, 2.05) is 30.3 Å². The van der Waals surface area contributed by atoms with Crippen LogP contribution >= 0.6 is 0 Å². The molecular formula is C13H17N3O2. The van der Waals surface area contributed by atoms with Crippen molar-refractivity contribution in [1.82, 2.24) is 10.1 Å². The predicted molar refractivity (Wildman–Crippen MR) is 69.1 cm³/mol. The summed E-state index contributed by atoms with van der Waals surface area (Å²) < 4.78 is 5.17. The fraction of sp³-hybridized carbons (Fsp3) is 0.385. The topological polar surface area (TPSA) is 71.2 Å². The molecular weight excluding hydrogens is 230 g/mol. The molecule has 96 valence electrons. The maximum Gasteiger partial charge on any atom is 0.263 e. The average Bonchev–Trinajstić information content (AvgIpc) is 2.87. The third kappa shape index (κ3) is 3.30. The Hall–Kier alpha value is -1.88. The molecule has 2 aromatic rings. The largest absolute Gasteiger partial charge is 0.396 e. The van der Waals surface area contributed by atoms with Crippen LogP contribution in [0.4, 0.5) is 5.95 Å². The SMILES string of the molecule is CC(CCO)CNc1noc(-c2ccccc2)n1. The summed E-state index contributed by atoms with van der Waals surface area (Å²) in [4.78, 5) is 4.26. The minimum Gasteiger partial charge on any atom is -0.396 e. The smallest absolute Gasteiger partial charge is 0.263 e. The molecule has 0 aliphatic rings. The number of aliphatic hydroxyl groups excluding tert-OH is 1. The molecule has 0 aliphatic carbocycles. The summed E-state index contributed by atoms with van der Waals surface area (Å²) in [7, 11) is 0. The quantitative estimate of drug-likeness (QED) is 0.818. The number of benzene rings is 1. The van der Waals surface area contributed by atoms with Crippen LogP contribution in [0.25, 0.3) is 11.5 Å². The Bertz CT molecular complexity index is 470. The number of aliphatic hydroxyl groups is 1. The number of hydrogen-bond acceptors (Lipinski definition) is 5. The molecule has 0 saturated carbocycles. The summed E-state index contributed by atoms with van der Waals surface area (Å²) in [5, 5.41) is 15.8. The molecule has 0 fully saturated rings. The van der Waals surface area contributed by atoms with E-state index < -0.39 is 0 Å². The van der Waals surface area contributed by atoms with Gasteiger partial charge in [0.15, 0.2) is 0 Å².